The first-order valence-corrected chi connectivity index (χ1v) is 5.98. The number of carboxylic acids is 1. The molecular weight excluding hydrogens is 264 g/mol. The number of amides is 2. The molecule has 1 aromatic carbocycles. The standard InChI is InChI=1S/C13H14N2O5/c1-20-13(19)14-11(16)7-15-9-5-3-2-4-8(9)6-10(15)12(17)18/h2-5,10H,6-7H2,1H3,(H,17,18)(H,14,16,19). The fourth-order valence-corrected chi connectivity index (χ4v) is 2.23. The number of fused-ring (bicyclic) bond motifs is 1. The zero-order chi connectivity index (χ0) is 14.7. The summed E-state index contributed by atoms with van der Waals surface area (Å²) in [5, 5.41) is 11.2. The van der Waals surface area contributed by atoms with Gasteiger partial charge in [0.1, 0.15) is 6.04 Å². The lowest BCUT2D eigenvalue weighted by Gasteiger charge is -2.23. The largest absolute Gasteiger partial charge is 0.480 e. The molecule has 7 nitrogen and oxygen atoms in total. The van der Waals surface area contributed by atoms with Crippen molar-refractivity contribution in [3.05, 3.63) is 29.8 Å². The molecule has 1 aromatic rings. The highest BCUT2D eigenvalue weighted by atomic mass is 16.5. The van der Waals surface area contributed by atoms with Crippen LogP contribution in [-0.4, -0.2) is 42.8 Å². The number of imide groups is 1. The van der Waals surface area contributed by atoms with E-state index in [1.54, 1.807) is 12.1 Å². The van der Waals surface area contributed by atoms with Crippen LogP contribution in [0.1, 0.15) is 5.56 Å². The van der Waals surface area contributed by atoms with Gasteiger partial charge in [0.05, 0.1) is 13.7 Å². The average molecular weight is 278 g/mol. The predicted molar refractivity (Wildman–Crippen MR) is 69.5 cm³/mol. The molecule has 1 unspecified atom stereocenters. The van der Waals surface area contributed by atoms with Gasteiger partial charge in [-0.15, -0.1) is 0 Å². The van der Waals surface area contributed by atoms with E-state index in [2.05, 4.69) is 4.74 Å². The van der Waals surface area contributed by atoms with E-state index in [0.717, 1.165) is 12.7 Å². The fraction of sp³-hybridized carbons (Fsp3) is 0.308. The Bertz CT molecular complexity index is 557. The summed E-state index contributed by atoms with van der Waals surface area (Å²) in [6.07, 6.45) is -0.536. The number of carbonyl (C=O) groups is 3. The topological polar surface area (TPSA) is 95.9 Å². The van der Waals surface area contributed by atoms with Crippen LogP contribution in [0.3, 0.4) is 0 Å². The number of alkyl carbamates (subject to hydrolysis) is 1. The van der Waals surface area contributed by atoms with Crippen molar-refractivity contribution in [2.75, 3.05) is 18.6 Å². The predicted octanol–water partition coefficient (Wildman–Crippen LogP) is 0.385. The van der Waals surface area contributed by atoms with E-state index >= 15 is 0 Å². The summed E-state index contributed by atoms with van der Waals surface area (Å²) in [5.41, 5.74) is 1.56. The van der Waals surface area contributed by atoms with Crippen molar-refractivity contribution >= 4 is 23.7 Å². The first-order valence-electron chi connectivity index (χ1n) is 5.98. The van der Waals surface area contributed by atoms with Crippen molar-refractivity contribution < 1.29 is 24.2 Å². The molecule has 2 N–H and O–H groups in total. The van der Waals surface area contributed by atoms with Crippen LogP contribution in [0.25, 0.3) is 0 Å². The van der Waals surface area contributed by atoms with Gasteiger partial charge in [-0.3, -0.25) is 10.1 Å². The number of para-hydroxylation sites is 1. The Hall–Kier alpha value is -2.57. The van der Waals surface area contributed by atoms with Gasteiger partial charge in [0, 0.05) is 12.1 Å². The average Bonchev–Trinajstić information content (AvgIpc) is 2.78. The Morgan fingerprint density at radius 3 is 2.75 bits per heavy atom. The SMILES string of the molecule is COC(=O)NC(=O)CN1c2ccccc2CC1C(=O)O. The molecule has 0 saturated heterocycles. The van der Waals surface area contributed by atoms with E-state index in [0.29, 0.717) is 12.1 Å². The molecule has 0 radical (unpaired) electrons. The monoisotopic (exact) mass is 278 g/mol. The third kappa shape index (κ3) is 2.71. The molecule has 1 aliphatic heterocycles. The number of ether oxygens (including phenoxy) is 1. The fourth-order valence-electron chi connectivity index (χ4n) is 2.23. The van der Waals surface area contributed by atoms with E-state index in [-0.39, 0.29) is 6.54 Å². The summed E-state index contributed by atoms with van der Waals surface area (Å²) in [5.74, 6) is -1.62. The van der Waals surface area contributed by atoms with Crippen LogP contribution in [0.5, 0.6) is 0 Å². The summed E-state index contributed by atoms with van der Waals surface area (Å²) in [7, 11) is 1.15. The minimum atomic E-state index is -1.01. The van der Waals surface area contributed by atoms with E-state index in [1.807, 2.05) is 17.4 Å². The molecule has 1 heterocycles. The molecule has 2 amide bonds. The van der Waals surface area contributed by atoms with Gasteiger partial charge in [0.15, 0.2) is 0 Å². The van der Waals surface area contributed by atoms with Crippen molar-refractivity contribution in [2.45, 2.75) is 12.5 Å². The maximum absolute atomic E-state index is 11.7. The number of aliphatic carboxylic acids is 1. The van der Waals surface area contributed by atoms with E-state index in [9.17, 15) is 19.5 Å². The maximum Gasteiger partial charge on any atom is 0.413 e. The number of rotatable bonds is 3. The van der Waals surface area contributed by atoms with Gasteiger partial charge < -0.3 is 14.7 Å². The Morgan fingerprint density at radius 1 is 1.40 bits per heavy atom. The zero-order valence-electron chi connectivity index (χ0n) is 10.8. The highest BCUT2D eigenvalue weighted by molar-refractivity contribution is 5.96. The van der Waals surface area contributed by atoms with Gasteiger partial charge in [0.25, 0.3) is 0 Å². The number of hydrogen-bond donors (Lipinski definition) is 2. The summed E-state index contributed by atoms with van der Waals surface area (Å²) in [6, 6.07) is 6.35. The summed E-state index contributed by atoms with van der Waals surface area (Å²) >= 11 is 0. The molecule has 7 heteroatoms. The van der Waals surface area contributed by atoms with Crippen molar-refractivity contribution in [2.24, 2.45) is 0 Å². The van der Waals surface area contributed by atoms with Crippen LogP contribution in [0.4, 0.5) is 10.5 Å². The van der Waals surface area contributed by atoms with E-state index in [1.165, 1.54) is 4.90 Å². The minimum absolute atomic E-state index is 0.219. The first kappa shape index (κ1) is 13.9. The van der Waals surface area contributed by atoms with Crippen molar-refractivity contribution in [3.63, 3.8) is 0 Å². The summed E-state index contributed by atoms with van der Waals surface area (Å²) < 4.78 is 4.32. The first-order chi connectivity index (χ1) is 9.52. The molecule has 106 valence electrons. The van der Waals surface area contributed by atoms with Gasteiger partial charge in [0.2, 0.25) is 5.91 Å². The molecule has 0 aromatic heterocycles. The van der Waals surface area contributed by atoms with Crippen LogP contribution in [0.2, 0.25) is 0 Å². The number of nitrogens with zero attached hydrogens (tertiary/aromatic N) is 1. The second kappa shape index (κ2) is 5.60. The van der Waals surface area contributed by atoms with Crippen LogP contribution < -0.4 is 10.2 Å². The third-order valence-corrected chi connectivity index (χ3v) is 3.12. The molecule has 0 bridgehead atoms. The van der Waals surface area contributed by atoms with Crippen LogP contribution in [-0.2, 0) is 20.7 Å². The van der Waals surface area contributed by atoms with Gasteiger partial charge in [-0.25, -0.2) is 9.59 Å². The Balaban J connectivity index is 2.17. The molecule has 20 heavy (non-hydrogen) atoms. The van der Waals surface area contributed by atoms with Gasteiger partial charge >= 0.3 is 12.1 Å². The zero-order valence-corrected chi connectivity index (χ0v) is 10.8. The number of carboxylic acid groups (broad SMARTS) is 1. The van der Waals surface area contributed by atoms with Crippen LogP contribution in [0, 0.1) is 0 Å². The maximum atomic E-state index is 11.7. The number of anilines is 1. The number of carbonyl (C=O) groups excluding carboxylic acids is 2. The van der Waals surface area contributed by atoms with Crippen molar-refractivity contribution in [3.8, 4) is 0 Å². The van der Waals surface area contributed by atoms with E-state index < -0.39 is 24.0 Å². The number of benzene rings is 1. The lowest BCUT2D eigenvalue weighted by atomic mass is 10.1. The highest BCUT2D eigenvalue weighted by Crippen LogP contribution is 2.31. The second-order valence-electron chi connectivity index (χ2n) is 4.35. The van der Waals surface area contributed by atoms with E-state index in [4.69, 9.17) is 0 Å². The summed E-state index contributed by atoms with van der Waals surface area (Å²) in [6.45, 7) is -0.219. The lowest BCUT2D eigenvalue weighted by Crippen LogP contribution is -2.46. The smallest absolute Gasteiger partial charge is 0.413 e. The normalized spacial score (nSPS) is 16.4. The van der Waals surface area contributed by atoms with Crippen molar-refractivity contribution in [1.29, 1.82) is 0 Å². The molecule has 2 rings (SSSR count). The molecule has 0 fully saturated rings. The molecule has 1 atom stereocenters. The van der Waals surface area contributed by atoms with Crippen LogP contribution >= 0.6 is 0 Å². The minimum Gasteiger partial charge on any atom is -0.480 e. The lowest BCUT2D eigenvalue weighted by molar-refractivity contribution is -0.138. The number of methoxy groups -OCH3 is 1. The molecule has 0 saturated carbocycles. The molecule has 0 spiro atoms. The van der Waals surface area contributed by atoms with Crippen LogP contribution in [0.15, 0.2) is 24.3 Å². The number of hydrogen-bond acceptors (Lipinski definition) is 5. The molecule has 0 aliphatic carbocycles. The number of nitrogens with one attached hydrogen (secondary N) is 1. The summed E-state index contributed by atoms with van der Waals surface area (Å²) in [4.78, 5) is 35.4. The van der Waals surface area contributed by atoms with Gasteiger partial charge in [-0.1, -0.05) is 18.2 Å². The third-order valence-electron chi connectivity index (χ3n) is 3.12. The Morgan fingerprint density at radius 2 is 2.10 bits per heavy atom. The second-order valence-corrected chi connectivity index (χ2v) is 4.35. The van der Waals surface area contributed by atoms with Crippen molar-refractivity contribution in [1.82, 2.24) is 5.32 Å². The quantitative estimate of drug-likeness (QED) is 0.830. The highest BCUT2D eigenvalue weighted by Gasteiger charge is 2.35. The Labute approximate surface area is 115 Å². The molecular formula is C13H14N2O5. The van der Waals surface area contributed by atoms with Gasteiger partial charge in [-0.05, 0) is 11.6 Å². The van der Waals surface area contributed by atoms with Gasteiger partial charge in [-0.2, -0.15) is 0 Å². The Kier molecular flexibility index (Phi) is 3.88. The molecule has 1 aliphatic rings.